The fraction of sp³-hybridized carbons (Fsp3) is 0.917. The van der Waals surface area contributed by atoms with Crippen molar-refractivity contribution < 1.29 is 99.3 Å². The van der Waals surface area contributed by atoms with Crippen LogP contribution in [0.5, 0.6) is 0 Å². The number of rotatable bonds is 9. The third-order valence-corrected chi connectivity index (χ3v) is 19.4. The fourth-order valence-corrected chi connectivity index (χ4v) is 14.9. The van der Waals surface area contributed by atoms with E-state index in [0.29, 0.717) is 51.4 Å². The van der Waals surface area contributed by atoms with Crippen LogP contribution in [0.1, 0.15) is 106 Å². The molecule has 20 nitrogen and oxygen atoms in total. The molecule has 12 N–H and O–H groups in total. The molecular formula is C48H76O20. The van der Waals surface area contributed by atoms with Gasteiger partial charge in [-0.2, -0.15) is 0 Å². The second-order valence-corrected chi connectivity index (χ2v) is 23.3. The number of hydrogen-bond acceptors (Lipinski definition) is 20. The number of carbonyl (C=O) groups excluding carboxylic acids is 2. The minimum atomic E-state index is -2.07. The van der Waals surface area contributed by atoms with Gasteiger partial charge in [-0.25, -0.2) is 4.79 Å². The van der Waals surface area contributed by atoms with Gasteiger partial charge in [-0.1, -0.05) is 53.2 Å². The van der Waals surface area contributed by atoms with Crippen molar-refractivity contribution >= 4 is 11.9 Å². The predicted molar refractivity (Wildman–Crippen MR) is 232 cm³/mol. The van der Waals surface area contributed by atoms with Gasteiger partial charge in [0.05, 0.1) is 25.2 Å². The zero-order valence-electron chi connectivity index (χ0n) is 39.9. The molecule has 3 heterocycles. The summed E-state index contributed by atoms with van der Waals surface area (Å²) in [5.41, 5.74) is -1.78. The van der Waals surface area contributed by atoms with E-state index in [2.05, 4.69) is 40.7 Å². The van der Waals surface area contributed by atoms with Gasteiger partial charge in [-0.15, -0.1) is 0 Å². The van der Waals surface area contributed by atoms with Crippen LogP contribution in [-0.4, -0.2) is 191 Å². The number of ether oxygens (including phenoxy) is 6. The van der Waals surface area contributed by atoms with Crippen molar-refractivity contribution in [2.45, 2.75) is 204 Å². The highest BCUT2D eigenvalue weighted by Crippen LogP contribution is 2.76. The average molecular weight is 973 g/mol. The summed E-state index contributed by atoms with van der Waals surface area (Å²) in [6.45, 7) is 11.5. The van der Waals surface area contributed by atoms with E-state index < -0.39 is 134 Å². The van der Waals surface area contributed by atoms with E-state index in [1.165, 1.54) is 5.57 Å². The molecule has 0 spiro atoms. The molecule has 0 radical (unpaired) electrons. The molecule has 5 aliphatic carbocycles. The van der Waals surface area contributed by atoms with Crippen LogP contribution in [0.25, 0.3) is 0 Å². The standard InChI is InChI=1S/C48H76O20/c1-43(2)13-15-48(42(62)68-41-35(59)31(55)29(53)24(19-50)64-41)16-14-46(5)21(22(48)17-43)7-8-26-44(3)11-10-27(45(4,20-51)25(44)9-12-47(26,46)6)65-38(60)36-32(56)33(57)37(39(61)66-36)67-40-34(58)30(54)28(52)23(18-49)63-40/h7,22-37,39-41,49-59,61H,8-20H2,1-6H3/t22-,23-,24-,25-,26-,27+,28+,29-,30+,31+,32+,33+,34-,35-,36+,37-,39-,40+,41+,44+,45+,46-,47-,48+/m1/s1. The van der Waals surface area contributed by atoms with Gasteiger partial charge in [-0.3, -0.25) is 4.79 Å². The number of carbonyl (C=O) groups is 2. The molecule has 4 saturated carbocycles. The molecule has 0 aromatic rings. The quantitative estimate of drug-likeness (QED) is 0.0938. The highest BCUT2D eigenvalue weighted by molar-refractivity contribution is 5.79. The third kappa shape index (κ3) is 8.03. The van der Waals surface area contributed by atoms with Crippen molar-refractivity contribution in [3.05, 3.63) is 11.6 Å². The first-order chi connectivity index (χ1) is 31.8. The Labute approximate surface area is 396 Å². The van der Waals surface area contributed by atoms with E-state index in [9.17, 15) is 70.9 Å². The molecular weight excluding hydrogens is 897 g/mol. The van der Waals surface area contributed by atoms with Crippen LogP contribution >= 0.6 is 0 Å². The van der Waals surface area contributed by atoms with E-state index >= 15 is 0 Å². The Morgan fingerprint density at radius 2 is 1.25 bits per heavy atom. The highest BCUT2D eigenvalue weighted by atomic mass is 16.7. The van der Waals surface area contributed by atoms with E-state index in [-0.39, 0.29) is 46.0 Å². The van der Waals surface area contributed by atoms with E-state index in [0.717, 1.165) is 12.8 Å². The zero-order chi connectivity index (χ0) is 49.8. The summed E-state index contributed by atoms with van der Waals surface area (Å²) >= 11 is 0. The van der Waals surface area contributed by atoms with Crippen molar-refractivity contribution in [1.29, 1.82) is 0 Å². The molecule has 388 valence electrons. The van der Waals surface area contributed by atoms with Crippen LogP contribution in [0.3, 0.4) is 0 Å². The molecule has 8 rings (SSSR count). The van der Waals surface area contributed by atoms with Crippen LogP contribution in [0, 0.1) is 50.2 Å². The Morgan fingerprint density at radius 1 is 0.647 bits per heavy atom. The van der Waals surface area contributed by atoms with Crippen LogP contribution in [0.2, 0.25) is 0 Å². The van der Waals surface area contributed by atoms with Gasteiger partial charge < -0.3 is 89.7 Å². The fourth-order valence-electron chi connectivity index (χ4n) is 14.9. The van der Waals surface area contributed by atoms with Crippen LogP contribution in [0.4, 0.5) is 0 Å². The lowest BCUT2D eigenvalue weighted by Crippen LogP contribution is -2.67. The van der Waals surface area contributed by atoms with Gasteiger partial charge in [0.2, 0.25) is 6.29 Å². The molecule has 20 heteroatoms. The topological polar surface area (TPSA) is 332 Å². The molecule has 0 unspecified atom stereocenters. The minimum Gasteiger partial charge on any atom is -0.460 e. The normalized spacial score (nSPS) is 53.4. The number of hydrogen-bond donors (Lipinski definition) is 12. The predicted octanol–water partition coefficient (Wildman–Crippen LogP) is -1.36. The lowest BCUT2D eigenvalue weighted by molar-refractivity contribution is -0.359. The van der Waals surface area contributed by atoms with E-state index in [1.54, 1.807) is 0 Å². The maximum atomic E-state index is 14.6. The molecule has 0 bridgehead atoms. The molecule has 24 atom stereocenters. The van der Waals surface area contributed by atoms with Crippen molar-refractivity contribution in [2.75, 3.05) is 19.8 Å². The average Bonchev–Trinajstić information content (AvgIpc) is 3.29. The smallest absolute Gasteiger partial charge is 0.338 e. The number of esters is 2. The van der Waals surface area contributed by atoms with Gasteiger partial charge in [0, 0.05) is 5.41 Å². The Kier molecular flexibility index (Phi) is 14.3. The first-order valence-corrected chi connectivity index (χ1v) is 24.5. The number of allylic oxidation sites excluding steroid dienone is 2. The summed E-state index contributed by atoms with van der Waals surface area (Å²) in [7, 11) is 0. The molecule has 3 saturated heterocycles. The lowest BCUT2D eigenvalue weighted by atomic mass is 9.33. The summed E-state index contributed by atoms with van der Waals surface area (Å²) in [6, 6.07) is 0. The lowest BCUT2D eigenvalue weighted by Gasteiger charge is -2.71. The van der Waals surface area contributed by atoms with Crippen LogP contribution in [0.15, 0.2) is 11.6 Å². The van der Waals surface area contributed by atoms with E-state index in [1.807, 2.05) is 6.92 Å². The number of aliphatic hydroxyl groups excluding tert-OH is 12. The third-order valence-electron chi connectivity index (χ3n) is 19.4. The molecule has 68 heavy (non-hydrogen) atoms. The second-order valence-electron chi connectivity index (χ2n) is 23.3. The summed E-state index contributed by atoms with van der Waals surface area (Å²) in [5, 5.41) is 126. The maximum absolute atomic E-state index is 14.6. The van der Waals surface area contributed by atoms with Gasteiger partial charge in [0.25, 0.3) is 0 Å². The van der Waals surface area contributed by atoms with Crippen LogP contribution < -0.4 is 0 Å². The van der Waals surface area contributed by atoms with Crippen molar-refractivity contribution in [2.24, 2.45) is 50.2 Å². The molecule has 8 aliphatic rings. The van der Waals surface area contributed by atoms with Crippen molar-refractivity contribution in [3.8, 4) is 0 Å². The summed E-state index contributed by atoms with van der Waals surface area (Å²) in [4.78, 5) is 28.6. The monoisotopic (exact) mass is 972 g/mol. The van der Waals surface area contributed by atoms with Gasteiger partial charge >= 0.3 is 11.9 Å². The summed E-state index contributed by atoms with van der Waals surface area (Å²) in [5.74, 6) is -1.84. The maximum Gasteiger partial charge on any atom is 0.338 e. The molecule has 0 amide bonds. The molecule has 0 aromatic carbocycles. The Bertz CT molecular complexity index is 1900. The van der Waals surface area contributed by atoms with Gasteiger partial charge in [-0.05, 0) is 104 Å². The Hall–Kier alpha value is -1.96. The largest absolute Gasteiger partial charge is 0.460 e. The number of fused-ring (bicyclic) bond motifs is 7. The molecule has 0 aromatic heterocycles. The number of aliphatic hydroxyl groups is 12. The zero-order valence-corrected chi connectivity index (χ0v) is 39.9. The second kappa shape index (κ2) is 18.5. The van der Waals surface area contributed by atoms with E-state index in [4.69, 9.17) is 28.4 Å². The first-order valence-electron chi connectivity index (χ1n) is 24.5. The van der Waals surface area contributed by atoms with Crippen LogP contribution in [-0.2, 0) is 38.0 Å². The van der Waals surface area contributed by atoms with Gasteiger partial charge in [0.15, 0.2) is 18.7 Å². The minimum absolute atomic E-state index is 0.102. The molecule has 7 fully saturated rings. The first kappa shape index (κ1) is 52.4. The summed E-state index contributed by atoms with van der Waals surface area (Å²) in [6.07, 6.45) is -18.4. The van der Waals surface area contributed by atoms with Crippen molar-refractivity contribution in [3.63, 3.8) is 0 Å². The molecule has 3 aliphatic heterocycles. The Balaban J connectivity index is 0.993. The van der Waals surface area contributed by atoms with Crippen molar-refractivity contribution in [1.82, 2.24) is 0 Å². The van der Waals surface area contributed by atoms with Gasteiger partial charge in [0.1, 0.15) is 73.2 Å². The summed E-state index contributed by atoms with van der Waals surface area (Å²) < 4.78 is 34.0. The Morgan fingerprint density at radius 3 is 1.87 bits per heavy atom. The highest BCUT2D eigenvalue weighted by Gasteiger charge is 2.71. The SMILES string of the molecule is CC1(C)CC[C@]2(C(=O)O[C@@H]3O[C@H](CO)[C@@H](O)[C@H](O)[C@H]3O)CC[C@]3(C)C(=CC[C@@H]4[C@@]5(C)CC[C@H](OC(=O)[C@H]6O[C@@H](O)[C@H](O[C@@H]7O[C@H](CO)[C@H](O)[C@H](O)[C@H]7O)[C@@H](O)[C@@H]6O)[C@@](C)(CO)[C@@H]5CC[C@]43C)[C@H]2C1.